The molecule has 4 rings (SSSR count). The van der Waals surface area contributed by atoms with E-state index in [9.17, 15) is 9.59 Å². The van der Waals surface area contributed by atoms with Crippen LogP contribution in [0.3, 0.4) is 0 Å². The van der Waals surface area contributed by atoms with Crippen LogP contribution < -0.4 is 5.32 Å². The Morgan fingerprint density at radius 3 is 2.92 bits per heavy atom. The number of piperidine rings is 1. The number of pyridine rings is 1. The van der Waals surface area contributed by atoms with Gasteiger partial charge in [0.05, 0.1) is 12.8 Å². The van der Waals surface area contributed by atoms with Crippen molar-refractivity contribution in [1.82, 2.24) is 15.2 Å². The number of carbonyl (C=O) groups excluding carboxylic acids is 2. The van der Waals surface area contributed by atoms with Gasteiger partial charge in [-0.1, -0.05) is 6.07 Å². The minimum Gasteiger partial charge on any atom is -0.467 e. The first kappa shape index (κ1) is 15.9. The van der Waals surface area contributed by atoms with Gasteiger partial charge in [0.2, 0.25) is 5.91 Å². The fourth-order valence-electron chi connectivity index (χ4n) is 4.10. The zero-order valence-electron chi connectivity index (χ0n) is 14.1. The van der Waals surface area contributed by atoms with E-state index in [1.807, 2.05) is 25.1 Å². The number of fused-ring (bicyclic) bond motifs is 2. The van der Waals surface area contributed by atoms with Crippen molar-refractivity contribution in [3.8, 4) is 0 Å². The number of hydrogen-bond acceptors (Lipinski definition) is 4. The van der Waals surface area contributed by atoms with Gasteiger partial charge in [-0.15, -0.1) is 0 Å². The highest BCUT2D eigenvalue weighted by molar-refractivity contribution is 5.97. The van der Waals surface area contributed by atoms with E-state index in [1.165, 1.54) is 0 Å². The summed E-state index contributed by atoms with van der Waals surface area (Å²) in [5.41, 5.74) is 1.21. The standard InChI is InChI=1S/C19H21N3O3/c1-12-4-2-6-16(21-12)19(24)22-14-8-7-13(10-14)17(22)18(23)20-11-15-5-3-9-25-15/h2-6,9,13-14,17H,7-8,10-11H2,1H3,(H,20,23)/t13?,14?,17-/m0/s1. The number of hydrogen-bond donors (Lipinski definition) is 1. The van der Waals surface area contributed by atoms with Crippen molar-refractivity contribution >= 4 is 11.8 Å². The lowest BCUT2D eigenvalue weighted by Crippen LogP contribution is -2.52. The predicted octanol–water partition coefficient (Wildman–Crippen LogP) is 2.29. The summed E-state index contributed by atoms with van der Waals surface area (Å²) in [6, 6.07) is 8.75. The minimum atomic E-state index is -0.413. The minimum absolute atomic E-state index is 0.107. The monoisotopic (exact) mass is 339 g/mol. The number of nitrogens with zero attached hydrogens (tertiary/aromatic N) is 2. The maximum absolute atomic E-state index is 13.0. The molecule has 1 aliphatic carbocycles. The van der Waals surface area contributed by atoms with Gasteiger partial charge >= 0.3 is 0 Å². The average Bonchev–Trinajstić information content (AvgIpc) is 3.35. The summed E-state index contributed by atoms with van der Waals surface area (Å²) in [7, 11) is 0. The first-order chi connectivity index (χ1) is 12.1. The zero-order chi connectivity index (χ0) is 17.4. The molecule has 1 saturated carbocycles. The van der Waals surface area contributed by atoms with E-state index in [4.69, 9.17) is 4.42 Å². The second kappa shape index (κ2) is 6.35. The Morgan fingerprint density at radius 2 is 2.16 bits per heavy atom. The van der Waals surface area contributed by atoms with Crippen molar-refractivity contribution < 1.29 is 14.0 Å². The van der Waals surface area contributed by atoms with Gasteiger partial charge < -0.3 is 14.6 Å². The Hall–Kier alpha value is -2.63. The average molecular weight is 339 g/mol. The lowest BCUT2D eigenvalue weighted by molar-refractivity contribution is -0.127. The molecule has 1 N–H and O–H groups in total. The van der Waals surface area contributed by atoms with Gasteiger partial charge in [0, 0.05) is 11.7 Å². The number of rotatable bonds is 4. The molecule has 0 aromatic carbocycles. The van der Waals surface area contributed by atoms with Gasteiger partial charge in [-0.3, -0.25) is 9.59 Å². The third-order valence-corrected chi connectivity index (χ3v) is 5.21. The molecule has 6 heteroatoms. The summed E-state index contributed by atoms with van der Waals surface area (Å²) in [6.07, 6.45) is 4.44. The molecule has 3 atom stereocenters. The quantitative estimate of drug-likeness (QED) is 0.927. The number of aryl methyl sites for hydroxylation is 1. The summed E-state index contributed by atoms with van der Waals surface area (Å²) in [5, 5.41) is 2.91. The third-order valence-electron chi connectivity index (χ3n) is 5.21. The molecule has 2 aliphatic rings. The second-order valence-electron chi connectivity index (χ2n) is 6.85. The molecule has 2 unspecified atom stereocenters. The summed E-state index contributed by atoms with van der Waals surface area (Å²) >= 11 is 0. The molecule has 2 aromatic rings. The van der Waals surface area contributed by atoms with Crippen molar-refractivity contribution in [3.05, 3.63) is 53.7 Å². The van der Waals surface area contributed by atoms with Gasteiger partial charge in [0.15, 0.2) is 0 Å². The second-order valence-corrected chi connectivity index (χ2v) is 6.85. The van der Waals surface area contributed by atoms with Crippen LogP contribution in [0.15, 0.2) is 41.0 Å². The number of amides is 2. The van der Waals surface area contributed by atoms with E-state index in [0.717, 1.165) is 25.0 Å². The van der Waals surface area contributed by atoms with Crippen molar-refractivity contribution in [2.75, 3.05) is 0 Å². The van der Waals surface area contributed by atoms with Crippen LogP contribution in [0.2, 0.25) is 0 Å². The first-order valence-electron chi connectivity index (χ1n) is 8.70. The summed E-state index contributed by atoms with van der Waals surface area (Å²) in [4.78, 5) is 31.9. The van der Waals surface area contributed by atoms with Crippen molar-refractivity contribution in [3.63, 3.8) is 0 Å². The number of aromatic nitrogens is 1. The van der Waals surface area contributed by atoms with Crippen molar-refractivity contribution in [2.24, 2.45) is 5.92 Å². The highest BCUT2D eigenvalue weighted by atomic mass is 16.3. The van der Waals surface area contributed by atoms with Crippen LogP contribution >= 0.6 is 0 Å². The smallest absolute Gasteiger partial charge is 0.273 e. The maximum atomic E-state index is 13.0. The molecule has 1 aliphatic heterocycles. The van der Waals surface area contributed by atoms with Crippen LogP contribution in [0.25, 0.3) is 0 Å². The summed E-state index contributed by atoms with van der Waals surface area (Å²) < 4.78 is 5.26. The van der Waals surface area contributed by atoms with E-state index >= 15 is 0 Å². The Kier molecular flexibility index (Phi) is 4.03. The Morgan fingerprint density at radius 1 is 1.28 bits per heavy atom. The summed E-state index contributed by atoms with van der Waals surface area (Å²) in [5.74, 6) is 0.684. The highest BCUT2D eigenvalue weighted by Crippen LogP contribution is 2.43. The summed E-state index contributed by atoms with van der Waals surface area (Å²) in [6.45, 7) is 2.20. The molecule has 6 nitrogen and oxygen atoms in total. The topological polar surface area (TPSA) is 75.4 Å². The van der Waals surface area contributed by atoms with Gasteiger partial charge in [0.1, 0.15) is 17.5 Å². The van der Waals surface area contributed by atoms with Crippen LogP contribution in [0.4, 0.5) is 0 Å². The van der Waals surface area contributed by atoms with E-state index in [1.54, 1.807) is 23.3 Å². The lowest BCUT2D eigenvalue weighted by Gasteiger charge is -2.34. The van der Waals surface area contributed by atoms with E-state index < -0.39 is 6.04 Å². The van der Waals surface area contributed by atoms with Crippen LogP contribution in [0.1, 0.15) is 41.2 Å². The van der Waals surface area contributed by atoms with E-state index in [-0.39, 0.29) is 23.8 Å². The maximum Gasteiger partial charge on any atom is 0.273 e. The molecular formula is C19H21N3O3. The van der Waals surface area contributed by atoms with Crippen LogP contribution in [-0.4, -0.2) is 33.8 Å². The molecule has 0 spiro atoms. The fraction of sp³-hybridized carbons (Fsp3) is 0.421. The SMILES string of the molecule is Cc1cccc(C(=O)N2C3CCC(C3)[C@H]2C(=O)NCc2ccco2)n1. The molecule has 25 heavy (non-hydrogen) atoms. The van der Waals surface area contributed by atoms with Crippen molar-refractivity contribution in [1.29, 1.82) is 0 Å². The molecule has 130 valence electrons. The molecule has 2 amide bonds. The third kappa shape index (κ3) is 2.92. The van der Waals surface area contributed by atoms with Crippen LogP contribution in [0, 0.1) is 12.8 Å². The highest BCUT2D eigenvalue weighted by Gasteiger charge is 2.51. The molecule has 3 heterocycles. The Balaban J connectivity index is 1.53. The molecule has 2 fully saturated rings. The van der Waals surface area contributed by atoms with Gasteiger partial charge in [-0.25, -0.2) is 4.98 Å². The molecule has 2 aromatic heterocycles. The Bertz CT molecular complexity index is 787. The molecular weight excluding hydrogens is 318 g/mol. The molecule has 2 bridgehead atoms. The van der Waals surface area contributed by atoms with Gasteiger partial charge in [0.25, 0.3) is 5.91 Å². The van der Waals surface area contributed by atoms with E-state index in [0.29, 0.717) is 18.0 Å². The number of nitrogens with one attached hydrogen (secondary N) is 1. The van der Waals surface area contributed by atoms with Crippen LogP contribution in [-0.2, 0) is 11.3 Å². The van der Waals surface area contributed by atoms with E-state index in [2.05, 4.69) is 10.3 Å². The number of likely N-dealkylation sites (tertiary alicyclic amines) is 1. The van der Waals surface area contributed by atoms with Gasteiger partial charge in [-0.2, -0.15) is 0 Å². The van der Waals surface area contributed by atoms with Gasteiger partial charge in [-0.05, 0) is 56.4 Å². The number of carbonyl (C=O) groups is 2. The first-order valence-corrected chi connectivity index (χ1v) is 8.70. The molecule has 0 radical (unpaired) electrons. The lowest BCUT2D eigenvalue weighted by atomic mass is 9.97. The van der Waals surface area contributed by atoms with Crippen LogP contribution in [0.5, 0.6) is 0 Å². The fourth-order valence-corrected chi connectivity index (χ4v) is 4.10. The Labute approximate surface area is 146 Å². The van der Waals surface area contributed by atoms with Crippen molar-refractivity contribution in [2.45, 2.75) is 44.8 Å². The normalized spacial score (nSPS) is 24.5. The zero-order valence-corrected chi connectivity index (χ0v) is 14.1. The number of furan rings is 1. The molecule has 1 saturated heterocycles. The predicted molar refractivity (Wildman–Crippen MR) is 90.6 cm³/mol. The largest absolute Gasteiger partial charge is 0.467 e.